The summed E-state index contributed by atoms with van der Waals surface area (Å²) in [7, 11) is 0. The standard InChI is InChI=1S/C12H13BrF2N4/c1-2-19-6-7(5-17-19)12(18-16)11-9(14)3-8(13)4-10(11)15/h3-6,12,18H,2,16H2,1H3. The van der Waals surface area contributed by atoms with E-state index in [1.807, 2.05) is 6.92 Å². The zero-order valence-corrected chi connectivity index (χ0v) is 11.8. The first-order valence-electron chi connectivity index (χ1n) is 5.69. The highest BCUT2D eigenvalue weighted by Crippen LogP contribution is 2.28. The van der Waals surface area contributed by atoms with Crippen LogP contribution in [0.3, 0.4) is 0 Å². The highest BCUT2D eigenvalue weighted by molar-refractivity contribution is 9.10. The third kappa shape index (κ3) is 2.83. The lowest BCUT2D eigenvalue weighted by molar-refractivity contribution is 0.509. The van der Waals surface area contributed by atoms with Gasteiger partial charge in [-0.3, -0.25) is 10.5 Å². The van der Waals surface area contributed by atoms with Crippen LogP contribution in [-0.4, -0.2) is 9.78 Å². The molecule has 0 amide bonds. The summed E-state index contributed by atoms with van der Waals surface area (Å²) in [5.74, 6) is 4.10. The molecule has 1 aromatic carbocycles. The number of hydrazine groups is 1. The van der Waals surface area contributed by atoms with E-state index in [-0.39, 0.29) is 5.56 Å². The molecule has 1 heterocycles. The van der Waals surface area contributed by atoms with E-state index in [2.05, 4.69) is 26.5 Å². The maximum Gasteiger partial charge on any atom is 0.132 e. The topological polar surface area (TPSA) is 55.9 Å². The van der Waals surface area contributed by atoms with Crippen LogP contribution >= 0.6 is 15.9 Å². The molecule has 19 heavy (non-hydrogen) atoms. The molecule has 102 valence electrons. The first-order chi connectivity index (χ1) is 9.06. The Kier molecular flexibility index (Phi) is 4.28. The van der Waals surface area contributed by atoms with Gasteiger partial charge in [0.1, 0.15) is 11.6 Å². The largest absolute Gasteiger partial charge is 0.273 e. The van der Waals surface area contributed by atoms with Crippen LogP contribution in [0.5, 0.6) is 0 Å². The Balaban J connectivity index is 2.47. The molecule has 0 aliphatic heterocycles. The third-order valence-electron chi connectivity index (χ3n) is 2.81. The number of rotatable bonds is 4. The van der Waals surface area contributed by atoms with E-state index in [1.165, 1.54) is 18.3 Å². The second kappa shape index (κ2) is 5.77. The van der Waals surface area contributed by atoms with Crippen molar-refractivity contribution in [3.8, 4) is 0 Å². The fraction of sp³-hybridized carbons (Fsp3) is 0.250. The molecule has 2 aromatic rings. The summed E-state index contributed by atoms with van der Waals surface area (Å²) in [5.41, 5.74) is 2.90. The van der Waals surface area contributed by atoms with Gasteiger partial charge in [0, 0.05) is 28.3 Å². The molecule has 3 N–H and O–H groups in total. The van der Waals surface area contributed by atoms with Crippen molar-refractivity contribution in [1.29, 1.82) is 0 Å². The van der Waals surface area contributed by atoms with Crippen LogP contribution in [-0.2, 0) is 6.54 Å². The fourth-order valence-corrected chi connectivity index (χ4v) is 2.28. The monoisotopic (exact) mass is 330 g/mol. The number of nitrogens with two attached hydrogens (primary N) is 1. The van der Waals surface area contributed by atoms with Gasteiger partial charge < -0.3 is 0 Å². The number of benzene rings is 1. The Bertz CT molecular complexity index is 562. The van der Waals surface area contributed by atoms with Gasteiger partial charge in [-0.05, 0) is 19.1 Å². The van der Waals surface area contributed by atoms with Crippen molar-refractivity contribution in [2.45, 2.75) is 19.5 Å². The molecule has 0 saturated carbocycles. The summed E-state index contributed by atoms with van der Waals surface area (Å²) in [6, 6.07) is 1.62. The second-order valence-electron chi connectivity index (χ2n) is 4.01. The van der Waals surface area contributed by atoms with Crippen LogP contribution in [0.2, 0.25) is 0 Å². The van der Waals surface area contributed by atoms with E-state index < -0.39 is 17.7 Å². The Labute approximate surface area is 117 Å². The zero-order chi connectivity index (χ0) is 14.0. The molecule has 2 rings (SSSR count). The summed E-state index contributed by atoms with van der Waals surface area (Å²) in [6.45, 7) is 2.59. The molecule has 1 aromatic heterocycles. The summed E-state index contributed by atoms with van der Waals surface area (Å²) in [4.78, 5) is 0. The summed E-state index contributed by atoms with van der Waals surface area (Å²) < 4.78 is 29.9. The minimum Gasteiger partial charge on any atom is -0.273 e. The molecule has 7 heteroatoms. The van der Waals surface area contributed by atoms with E-state index in [0.717, 1.165) is 0 Å². The minimum atomic E-state index is -0.784. The Morgan fingerprint density at radius 3 is 2.53 bits per heavy atom. The van der Waals surface area contributed by atoms with Crippen LogP contribution in [0.15, 0.2) is 29.0 Å². The van der Waals surface area contributed by atoms with Crippen molar-refractivity contribution in [1.82, 2.24) is 15.2 Å². The van der Waals surface area contributed by atoms with E-state index in [9.17, 15) is 8.78 Å². The second-order valence-corrected chi connectivity index (χ2v) is 4.93. The van der Waals surface area contributed by atoms with Crippen molar-refractivity contribution >= 4 is 15.9 Å². The first kappa shape index (κ1) is 14.1. The summed E-state index contributed by atoms with van der Waals surface area (Å²) in [6.07, 6.45) is 3.24. The number of hydrogen-bond acceptors (Lipinski definition) is 3. The van der Waals surface area contributed by atoms with Gasteiger partial charge in [0.25, 0.3) is 0 Å². The molecule has 1 unspecified atom stereocenters. The van der Waals surface area contributed by atoms with E-state index in [1.54, 1.807) is 10.9 Å². The summed E-state index contributed by atoms with van der Waals surface area (Å²) >= 11 is 3.04. The van der Waals surface area contributed by atoms with Gasteiger partial charge >= 0.3 is 0 Å². The van der Waals surface area contributed by atoms with Gasteiger partial charge in [0.2, 0.25) is 0 Å². The van der Waals surface area contributed by atoms with Crippen LogP contribution in [0.4, 0.5) is 8.78 Å². The van der Waals surface area contributed by atoms with E-state index in [4.69, 9.17) is 5.84 Å². The quantitative estimate of drug-likeness (QED) is 0.669. The highest BCUT2D eigenvalue weighted by Gasteiger charge is 2.22. The van der Waals surface area contributed by atoms with Gasteiger partial charge in [0.05, 0.1) is 12.2 Å². The normalized spacial score (nSPS) is 12.7. The number of aromatic nitrogens is 2. The lowest BCUT2D eigenvalue weighted by Crippen LogP contribution is -2.30. The van der Waals surface area contributed by atoms with Crippen LogP contribution in [0.1, 0.15) is 24.1 Å². The van der Waals surface area contributed by atoms with E-state index in [0.29, 0.717) is 16.6 Å². The van der Waals surface area contributed by atoms with Crippen LogP contribution in [0, 0.1) is 11.6 Å². The molecule has 0 bridgehead atoms. The fourth-order valence-electron chi connectivity index (χ4n) is 1.88. The predicted octanol–water partition coefficient (Wildman–Crippen LogP) is 2.50. The zero-order valence-electron chi connectivity index (χ0n) is 10.2. The lowest BCUT2D eigenvalue weighted by Gasteiger charge is -2.16. The Morgan fingerprint density at radius 2 is 2.05 bits per heavy atom. The molecular formula is C12H13BrF2N4. The van der Waals surface area contributed by atoms with Gasteiger partial charge in [-0.2, -0.15) is 5.10 Å². The smallest absolute Gasteiger partial charge is 0.132 e. The van der Waals surface area contributed by atoms with Crippen LogP contribution < -0.4 is 11.3 Å². The average Bonchev–Trinajstić information content (AvgIpc) is 2.81. The maximum absolute atomic E-state index is 13.9. The Morgan fingerprint density at radius 1 is 1.42 bits per heavy atom. The van der Waals surface area contributed by atoms with Crippen LogP contribution in [0.25, 0.3) is 0 Å². The molecule has 4 nitrogen and oxygen atoms in total. The van der Waals surface area contributed by atoms with Crippen molar-refractivity contribution in [3.05, 3.63) is 51.8 Å². The highest BCUT2D eigenvalue weighted by atomic mass is 79.9. The lowest BCUT2D eigenvalue weighted by atomic mass is 10.0. The predicted molar refractivity (Wildman–Crippen MR) is 71.1 cm³/mol. The van der Waals surface area contributed by atoms with Gasteiger partial charge in [-0.15, -0.1) is 0 Å². The molecule has 0 radical (unpaired) electrons. The molecule has 0 aliphatic rings. The number of aryl methyl sites for hydroxylation is 1. The molecular weight excluding hydrogens is 318 g/mol. The van der Waals surface area contributed by atoms with Gasteiger partial charge in [0.15, 0.2) is 0 Å². The average molecular weight is 331 g/mol. The number of nitrogens with zero attached hydrogens (tertiary/aromatic N) is 2. The maximum atomic E-state index is 13.9. The minimum absolute atomic E-state index is 0.124. The third-order valence-corrected chi connectivity index (χ3v) is 3.27. The SMILES string of the molecule is CCn1cc(C(NN)c2c(F)cc(Br)cc2F)cn1. The molecule has 0 aliphatic carbocycles. The van der Waals surface area contributed by atoms with Gasteiger partial charge in [-0.1, -0.05) is 15.9 Å². The van der Waals surface area contributed by atoms with Crippen molar-refractivity contribution in [2.75, 3.05) is 0 Å². The first-order valence-corrected chi connectivity index (χ1v) is 6.49. The van der Waals surface area contributed by atoms with Gasteiger partial charge in [-0.25, -0.2) is 14.2 Å². The molecule has 0 saturated heterocycles. The van der Waals surface area contributed by atoms with Crippen molar-refractivity contribution in [2.24, 2.45) is 5.84 Å². The molecule has 1 atom stereocenters. The molecule has 0 fully saturated rings. The Hall–Kier alpha value is -1.31. The summed E-state index contributed by atoms with van der Waals surface area (Å²) in [5, 5.41) is 4.07. The number of nitrogens with one attached hydrogen (secondary N) is 1. The molecule has 0 spiro atoms. The van der Waals surface area contributed by atoms with Crippen molar-refractivity contribution < 1.29 is 8.78 Å². The van der Waals surface area contributed by atoms with E-state index >= 15 is 0 Å². The number of hydrogen-bond donors (Lipinski definition) is 2. The van der Waals surface area contributed by atoms with Crippen molar-refractivity contribution in [3.63, 3.8) is 0 Å². The number of halogens is 3.